The van der Waals surface area contributed by atoms with Crippen LogP contribution in [-0.4, -0.2) is 23.3 Å². The van der Waals surface area contributed by atoms with E-state index in [1.165, 1.54) is 0 Å². The highest BCUT2D eigenvalue weighted by atomic mass is 79.9. The largest absolute Gasteiger partial charge is 0.498 e. The number of pyridine rings is 1. The van der Waals surface area contributed by atoms with Crippen molar-refractivity contribution in [2.45, 2.75) is 45.8 Å². The van der Waals surface area contributed by atoms with E-state index in [-0.39, 0.29) is 11.2 Å². The standard InChI is InChI=1S/C12H16BBrClNO2/c1-7-9(14)6-8(10(15)16-7)13-17-11(2,3)12(4,5)18-13/h6H,1-5H3. The van der Waals surface area contributed by atoms with E-state index < -0.39 is 7.12 Å². The van der Waals surface area contributed by atoms with Gasteiger partial charge < -0.3 is 9.31 Å². The molecule has 1 aromatic heterocycles. The summed E-state index contributed by atoms with van der Waals surface area (Å²) in [5.41, 5.74) is 0.851. The van der Waals surface area contributed by atoms with Gasteiger partial charge in [-0.05, 0) is 56.6 Å². The lowest BCUT2D eigenvalue weighted by Gasteiger charge is -2.32. The number of rotatable bonds is 1. The van der Waals surface area contributed by atoms with Crippen LogP contribution in [0.5, 0.6) is 0 Å². The zero-order valence-electron chi connectivity index (χ0n) is 11.2. The minimum atomic E-state index is -0.480. The first-order chi connectivity index (χ1) is 8.14. The minimum Gasteiger partial charge on any atom is -0.399 e. The smallest absolute Gasteiger partial charge is 0.399 e. The van der Waals surface area contributed by atoms with E-state index in [1.54, 1.807) is 0 Å². The first-order valence-corrected chi connectivity index (χ1v) is 6.99. The van der Waals surface area contributed by atoms with Crippen molar-refractivity contribution >= 4 is 40.1 Å². The Balaban J connectivity index is 2.38. The molecule has 98 valence electrons. The third-order valence-electron chi connectivity index (χ3n) is 3.64. The lowest BCUT2D eigenvalue weighted by molar-refractivity contribution is 0.00578. The molecule has 1 aromatic rings. The van der Waals surface area contributed by atoms with Gasteiger partial charge in [0.25, 0.3) is 0 Å². The Hall–Kier alpha value is -0.0951. The van der Waals surface area contributed by atoms with Crippen LogP contribution < -0.4 is 5.46 Å². The molecule has 0 saturated carbocycles. The molecular formula is C12H16BBrClNO2. The van der Waals surface area contributed by atoms with Crippen molar-refractivity contribution in [3.05, 3.63) is 21.4 Å². The van der Waals surface area contributed by atoms with Crippen LogP contribution in [-0.2, 0) is 9.31 Å². The molecule has 3 nitrogen and oxygen atoms in total. The number of hydrogen-bond donors (Lipinski definition) is 0. The lowest BCUT2D eigenvalue weighted by atomic mass is 9.80. The highest BCUT2D eigenvalue weighted by Crippen LogP contribution is 2.37. The van der Waals surface area contributed by atoms with Gasteiger partial charge in [-0.25, -0.2) is 4.98 Å². The lowest BCUT2D eigenvalue weighted by Crippen LogP contribution is -2.41. The second-order valence-corrected chi connectivity index (χ2v) is 6.74. The van der Waals surface area contributed by atoms with Crippen LogP contribution >= 0.6 is 27.5 Å². The van der Waals surface area contributed by atoms with E-state index in [4.69, 9.17) is 20.9 Å². The molecule has 18 heavy (non-hydrogen) atoms. The van der Waals surface area contributed by atoms with E-state index in [0.717, 1.165) is 15.6 Å². The van der Waals surface area contributed by atoms with Gasteiger partial charge in [-0.15, -0.1) is 0 Å². The van der Waals surface area contributed by atoms with Gasteiger partial charge in [0.15, 0.2) is 0 Å². The highest BCUT2D eigenvalue weighted by Gasteiger charge is 2.52. The summed E-state index contributed by atoms with van der Waals surface area (Å²) in [7, 11) is -0.480. The molecule has 0 unspecified atom stereocenters. The van der Waals surface area contributed by atoms with Gasteiger partial charge in [0, 0.05) is 9.94 Å². The summed E-state index contributed by atoms with van der Waals surface area (Å²) in [5, 5.41) is 0.425. The van der Waals surface area contributed by atoms with Crippen LogP contribution in [0.15, 0.2) is 10.5 Å². The molecule has 2 heterocycles. The molecule has 1 aliphatic rings. The van der Waals surface area contributed by atoms with Gasteiger partial charge in [0.05, 0.1) is 16.9 Å². The van der Waals surface area contributed by atoms with Crippen molar-refractivity contribution in [1.82, 2.24) is 4.98 Å². The maximum atomic E-state index is 6.18. The minimum absolute atomic E-state index is 0.377. The number of halogens is 2. The number of hydrogen-bond acceptors (Lipinski definition) is 3. The Morgan fingerprint density at radius 3 is 2.22 bits per heavy atom. The van der Waals surface area contributed by atoms with E-state index in [0.29, 0.717) is 5.15 Å². The zero-order chi connectivity index (χ0) is 13.7. The molecule has 6 heteroatoms. The maximum absolute atomic E-state index is 6.18. The fourth-order valence-electron chi connectivity index (χ4n) is 1.70. The maximum Gasteiger partial charge on any atom is 0.498 e. The fraction of sp³-hybridized carbons (Fsp3) is 0.583. The summed E-state index contributed by atoms with van der Waals surface area (Å²) in [6.07, 6.45) is 0. The summed E-state index contributed by atoms with van der Waals surface area (Å²) in [5.74, 6) is 0. The summed E-state index contributed by atoms with van der Waals surface area (Å²) in [6.45, 7) is 9.94. The Bertz CT molecular complexity index is 477. The Morgan fingerprint density at radius 2 is 1.72 bits per heavy atom. The van der Waals surface area contributed by atoms with Crippen molar-refractivity contribution in [3.8, 4) is 0 Å². The Kier molecular flexibility index (Phi) is 3.56. The van der Waals surface area contributed by atoms with Crippen LogP contribution in [0.1, 0.15) is 33.4 Å². The summed E-state index contributed by atoms with van der Waals surface area (Å²) in [6, 6.07) is 1.91. The first kappa shape index (κ1) is 14.3. The average Bonchev–Trinajstić information content (AvgIpc) is 2.42. The monoisotopic (exact) mass is 331 g/mol. The van der Waals surface area contributed by atoms with Crippen LogP contribution in [0.3, 0.4) is 0 Å². The molecule has 2 rings (SSSR count). The molecule has 0 aromatic carbocycles. The zero-order valence-corrected chi connectivity index (χ0v) is 13.5. The second-order valence-electron chi connectivity index (χ2n) is 5.52. The van der Waals surface area contributed by atoms with Crippen LogP contribution in [0.4, 0.5) is 0 Å². The van der Waals surface area contributed by atoms with Gasteiger partial charge in [-0.1, -0.05) is 11.6 Å². The highest BCUT2D eigenvalue weighted by molar-refractivity contribution is 9.10. The molecule has 0 atom stereocenters. The predicted molar refractivity (Wildman–Crippen MR) is 77.4 cm³/mol. The molecule has 1 fully saturated rings. The average molecular weight is 332 g/mol. The van der Waals surface area contributed by atoms with Crippen molar-refractivity contribution in [2.75, 3.05) is 0 Å². The third kappa shape index (κ3) is 2.33. The van der Waals surface area contributed by atoms with Crippen LogP contribution in [0.2, 0.25) is 5.15 Å². The van der Waals surface area contributed by atoms with Crippen LogP contribution in [0.25, 0.3) is 0 Å². The van der Waals surface area contributed by atoms with Gasteiger partial charge >= 0.3 is 7.12 Å². The predicted octanol–water partition coefficient (Wildman–Crippen LogP) is 3.11. The first-order valence-electron chi connectivity index (χ1n) is 5.82. The topological polar surface area (TPSA) is 31.4 Å². The molecule has 0 bridgehead atoms. The molecule has 0 radical (unpaired) electrons. The van der Waals surface area contributed by atoms with Crippen LogP contribution in [0, 0.1) is 6.92 Å². The van der Waals surface area contributed by atoms with E-state index >= 15 is 0 Å². The normalized spacial score (nSPS) is 21.4. The van der Waals surface area contributed by atoms with Gasteiger partial charge in [-0.3, -0.25) is 0 Å². The molecule has 0 spiro atoms. The molecule has 1 saturated heterocycles. The van der Waals surface area contributed by atoms with Crippen molar-refractivity contribution in [3.63, 3.8) is 0 Å². The van der Waals surface area contributed by atoms with Gasteiger partial charge in [0.1, 0.15) is 5.15 Å². The molecular weight excluding hydrogens is 316 g/mol. The summed E-state index contributed by atoms with van der Waals surface area (Å²) >= 11 is 9.63. The quantitative estimate of drug-likeness (QED) is 0.585. The summed E-state index contributed by atoms with van der Waals surface area (Å²) in [4.78, 5) is 4.27. The van der Waals surface area contributed by atoms with Crippen molar-refractivity contribution < 1.29 is 9.31 Å². The SMILES string of the molecule is Cc1nc(Cl)c(B2OC(C)(C)C(C)(C)O2)cc1Br. The van der Waals surface area contributed by atoms with Gasteiger partial charge in [-0.2, -0.15) is 0 Å². The van der Waals surface area contributed by atoms with E-state index in [2.05, 4.69) is 20.9 Å². The third-order valence-corrected chi connectivity index (χ3v) is 4.74. The number of aryl methyl sites for hydroxylation is 1. The van der Waals surface area contributed by atoms with Crippen molar-refractivity contribution in [2.24, 2.45) is 0 Å². The van der Waals surface area contributed by atoms with Crippen molar-refractivity contribution in [1.29, 1.82) is 0 Å². The van der Waals surface area contributed by atoms with Gasteiger partial charge in [0.2, 0.25) is 0 Å². The molecule has 0 N–H and O–H groups in total. The second kappa shape index (κ2) is 4.48. The number of aromatic nitrogens is 1. The molecule has 1 aliphatic heterocycles. The Labute approximate surface area is 121 Å². The molecule has 0 amide bonds. The Morgan fingerprint density at radius 1 is 1.22 bits per heavy atom. The van der Waals surface area contributed by atoms with E-state index in [9.17, 15) is 0 Å². The number of nitrogens with zero attached hydrogens (tertiary/aromatic N) is 1. The van der Waals surface area contributed by atoms with E-state index in [1.807, 2.05) is 40.7 Å². The molecule has 0 aliphatic carbocycles. The summed E-state index contributed by atoms with van der Waals surface area (Å²) < 4.78 is 12.8. The fourth-order valence-corrected chi connectivity index (χ4v) is 2.31.